The van der Waals surface area contributed by atoms with E-state index in [1.54, 1.807) is 0 Å². The summed E-state index contributed by atoms with van der Waals surface area (Å²) in [5.74, 6) is 0.118. The molecule has 0 spiro atoms. The van der Waals surface area contributed by atoms with Crippen LogP contribution < -0.4 is 5.73 Å². The van der Waals surface area contributed by atoms with Crippen molar-refractivity contribution in [2.75, 3.05) is 45.9 Å². The highest BCUT2D eigenvalue weighted by Crippen LogP contribution is 2.44. The van der Waals surface area contributed by atoms with Gasteiger partial charge in [0.25, 0.3) is 0 Å². The topological polar surface area (TPSA) is 58.8 Å². The molecule has 142 valence electrons. The lowest BCUT2D eigenvalue weighted by atomic mass is 9.98. The molecule has 5 nitrogen and oxygen atoms in total. The Labute approximate surface area is 160 Å². The minimum Gasteiger partial charge on any atom is -0.448 e. The third-order valence-electron chi connectivity index (χ3n) is 5.65. The second-order valence-electron chi connectivity index (χ2n) is 7.27. The fourth-order valence-electron chi connectivity index (χ4n) is 4.15. The monoisotopic (exact) mass is 365 g/mol. The Balaban J connectivity index is 1.37. The summed E-state index contributed by atoms with van der Waals surface area (Å²) in [6, 6.07) is 16.8. The van der Waals surface area contributed by atoms with Crippen LogP contribution in [0, 0.1) is 0 Å². The van der Waals surface area contributed by atoms with E-state index in [1.165, 1.54) is 22.3 Å². The smallest absolute Gasteiger partial charge is 0.409 e. The van der Waals surface area contributed by atoms with Gasteiger partial charge in [-0.15, -0.1) is 0 Å². The minimum absolute atomic E-state index is 0.118. The van der Waals surface area contributed by atoms with Crippen LogP contribution in [0.1, 0.15) is 23.5 Å². The van der Waals surface area contributed by atoms with Gasteiger partial charge in [0.15, 0.2) is 0 Å². The largest absolute Gasteiger partial charge is 0.448 e. The van der Waals surface area contributed by atoms with Gasteiger partial charge < -0.3 is 15.4 Å². The number of nitrogens with zero attached hydrogens (tertiary/aromatic N) is 2. The predicted molar refractivity (Wildman–Crippen MR) is 107 cm³/mol. The van der Waals surface area contributed by atoms with Crippen LogP contribution in [-0.4, -0.2) is 61.8 Å². The van der Waals surface area contributed by atoms with Gasteiger partial charge >= 0.3 is 6.09 Å². The second kappa shape index (κ2) is 8.11. The molecule has 0 aromatic heterocycles. The molecular weight excluding hydrogens is 338 g/mol. The molecule has 2 aliphatic rings. The summed E-state index contributed by atoms with van der Waals surface area (Å²) in [6.45, 7) is 5.35. The van der Waals surface area contributed by atoms with E-state index in [4.69, 9.17) is 10.5 Å². The maximum atomic E-state index is 12.6. The van der Waals surface area contributed by atoms with Crippen molar-refractivity contribution in [3.63, 3.8) is 0 Å². The molecule has 2 N–H and O–H groups in total. The molecule has 1 saturated heterocycles. The number of carbonyl (C=O) groups is 1. The maximum absolute atomic E-state index is 12.6. The van der Waals surface area contributed by atoms with Crippen LogP contribution in [0.4, 0.5) is 4.79 Å². The van der Waals surface area contributed by atoms with Crippen LogP contribution in [0.2, 0.25) is 0 Å². The first-order valence-corrected chi connectivity index (χ1v) is 9.80. The Morgan fingerprint density at radius 1 is 0.963 bits per heavy atom. The van der Waals surface area contributed by atoms with E-state index < -0.39 is 0 Å². The quantitative estimate of drug-likeness (QED) is 0.885. The van der Waals surface area contributed by atoms with Crippen LogP contribution in [0.5, 0.6) is 0 Å². The Hall–Kier alpha value is -2.37. The first-order chi connectivity index (χ1) is 13.3. The van der Waals surface area contributed by atoms with E-state index in [-0.39, 0.29) is 12.0 Å². The number of fused-ring (bicyclic) bond motifs is 3. The van der Waals surface area contributed by atoms with Gasteiger partial charge in [-0.2, -0.15) is 0 Å². The van der Waals surface area contributed by atoms with Crippen LogP contribution in [0.15, 0.2) is 48.5 Å². The fourth-order valence-corrected chi connectivity index (χ4v) is 4.15. The van der Waals surface area contributed by atoms with Gasteiger partial charge in [-0.1, -0.05) is 48.5 Å². The summed E-state index contributed by atoms with van der Waals surface area (Å²) in [4.78, 5) is 16.8. The van der Waals surface area contributed by atoms with Crippen molar-refractivity contribution in [1.82, 2.24) is 9.80 Å². The lowest BCUT2D eigenvalue weighted by Crippen LogP contribution is -2.49. The maximum Gasteiger partial charge on any atom is 0.409 e. The van der Waals surface area contributed by atoms with Gasteiger partial charge in [0.1, 0.15) is 6.61 Å². The van der Waals surface area contributed by atoms with E-state index >= 15 is 0 Å². The molecule has 1 aliphatic heterocycles. The van der Waals surface area contributed by atoms with E-state index in [2.05, 4.69) is 53.4 Å². The van der Waals surface area contributed by atoms with Gasteiger partial charge in [-0.3, -0.25) is 4.90 Å². The van der Waals surface area contributed by atoms with Crippen molar-refractivity contribution < 1.29 is 9.53 Å². The van der Waals surface area contributed by atoms with Crippen molar-refractivity contribution >= 4 is 6.09 Å². The van der Waals surface area contributed by atoms with Crippen LogP contribution in [0.3, 0.4) is 0 Å². The molecule has 2 aromatic carbocycles. The lowest BCUT2D eigenvalue weighted by Gasteiger charge is -2.34. The summed E-state index contributed by atoms with van der Waals surface area (Å²) in [5, 5.41) is 0. The third kappa shape index (κ3) is 3.70. The first-order valence-electron chi connectivity index (χ1n) is 9.80. The number of piperazine rings is 1. The van der Waals surface area contributed by atoms with Gasteiger partial charge in [0.05, 0.1) is 0 Å². The molecule has 4 rings (SSSR count). The third-order valence-corrected chi connectivity index (χ3v) is 5.65. The van der Waals surface area contributed by atoms with Crippen molar-refractivity contribution in [2.45, 2.75) is 12.3 Å². The summed E-state index contributed by atoms with van der Waals surface area (Å²) in [6.07, 6.45) is 0.806. The van der Waals surface area contributed by atoms with Crippen LogP contribution >= 0.6 is 0 Å². The van der Waals surface area contributed by atoms with Gasteiger partial charge in [-0.25, -0.2) is 4.79 Å². The molecule has 2 aromatic rings. The number of ether oxygens (including phenoxy) is 1. The number of rotatable bonds is 5. The number of benzene rings is 2. The Kier molecular flexibility index (Phi) is 5.41. The Morgan fingerprint density at radius 3 is 2.15 bits per heavy atom. The highest BCUT2D eigenvalue weighted by molar-refractivity contribution is 5.79. The number of hydrogen-bond donors (Lipinski definition) is 1. The molecule has 1 fully saturated rings. The highest BCUT2D eigenvalue weighted by atomic mass is 16.6. The average molecular weight is 365 g/mol. The predicted octanol–water partition coefficient (Wildman–Crippen LogP) is 2.90. The number of amides is 1. The molecule has 5 heteroatoms. The van der Waals surface area contributed by atoms with Gasteiger partial charge in [0, 0.05) is 32.1 Å². The highest BCUT2D eigenvalue weighted by Gasteiger charge is 2.30. The zero-order valence-electron chi connectivity index (χ0n) is 15.6. The SMILES string of the molecule is NCCCN1CCN(C(=O)OCC2c3ccccc3-c3ccccc32)CC1. The number of nitrogens with two attached hydrogens (primary N) is 1. The van der Waals surface area contributed by atoms with E-state index in [1.807, 2.05) is 4.90 Å². The standard InChI is InChI=1S/C22H27N3O2/c23-10-5-11-24-12-14-25(15-13-24)22(26)27-16-21-19-8-3-1-6-17(19)18-7-2-4-9-20(18)21/h1-4,6-9,21H,5,10-16,23H2. The zero-order chi connectivity index (χ0) is 18.6. The van der Waals surface area contributed by atoms with Crippen molar-refractivity contribution in [1.29, 1.82) is 0 Å². The van der Waals surface area contributed by atoms with Crippen molar-refractivity contribution in [2.24, 2.45) is 5.73 Å². The van der Waals surface area contributed by atoms with Crippen molar-refractivity contribution in [3.8, 4) is 11.1 Å². The Morgan fingerprint density at radius 2 is 1.56 bits per heavy atom. The molecule has 0 saturated carbocycles. The fraction of sp³-hybridized carbons (Fsp3) is 0.409. The average Bonchev–Trinajstić information content (AvgIpc) is 3.05. The normalized spacial score (nSPS) is 16.9. The zero-order valence-corrected chi connectivity index (χ0v) is 15.6. The van der Waals surface area contributed by atoms with Crippen LogP contribution in [-0.2, 0) is 4.74 Å². The minimum atomic E-state index is -0.199. The van der Waals surface area contributed by atoms with Crippen LogP contribution in [0.25, 0.3) is 11.1 Å². The molecule has 0 bridgehead atoms. The van der Waals surface area contributed by atoms with Gasteiger partial charge in [-0.05, 0) is 41.8 Å². The van der Waals surface area contributed by atoms with E-state index in [9.17, 15) is 4.79 Å². The lowest BCUT2D eigenvalue weighted by molar-refractivity contribution is 0.0744. The first kappa shape index (κ1) is 18.0. The molecule has 1 heterocycles. The summed E-state index contributed by atoms with van der Waals surface area (Å²) in [5.41, 5.74) is 10.6. The van der Waals surface area contributed by atoms with Gasteiger partial charge in [0.2, 0.25) is 0 Å². The van der Waals surface area contributed by atoms with E-state index in [0.717, 1.165) is 39.1 Å². The molecular formula is C22H27N3O2. The number of carbonyl (C=O) groups excluding carboxylic acids is 1. The summed E-state index contributed by atoms with van der Waals surface area (Å²) >= 11 is 0. The molecule has 1 amide bonds. The molecule has 0 radical (unpaired) electrons. The Bertz CT molecular complexity index is 754. The molecule has 0 unspecified atom stereocenters. The second-order valence-corrected chi connectivity index (χ2v) is 7.27. The molecule has 27 heavy (non-hydrogen) atoms. The summed E-state index contributed by atoms with van der Waals surface area (Å²) in [7, 11) is 0. The summed E-state index contributed by atoms with van der Waals surface area (Å²) < 4.78 is 5.74. The number of hydrogen-bond acceptors (Lipinski definition) is 4. The van der Waals surface area contributed by atoms with Crippen molar-refractivity contribution in [3.05, 3.63) is 59.7 Å². The van der Waals surface area contributed by atoms with E-state index in [0.29, 0.717) is 13.2 Å². The molecule has 1 aliphatic carbocycles. The molecule has 0 atom stereocenters.